The van der Waals surface area contributed by atoms with Crippen LogP contribution in [0, 0.1) is 10.1 Å². The lowest BCUT2D eigenvalue weighted by Crippen LogP contribution is -2.26. The Kier molecular flexibility index (Phi) is 6.56. The van der Waals surface area contributed by atoms with Crippen LogP contribution in [0.15, 0.2) is 41.6 Å². The van der Waals surface area contributed by atoms with Crippen molar-refractivity contribution in [1.82, 2.24) is 0 Å². The average molecular weight is 429 g/mol. The van der Waals surface area contributed by atoms with Crippen molar-refractivity contribution < 1.29 is 14.9 Å². The van der Waals surface area contributed by atoms with Gasteiger partial charge >= 0.3 is 0 Å². The first kappa shape index (κ1) is 22.0. The van der Waals surface area contributed by atoms with Crippen LogP contribution in [-0.2, 0) is 5.41 Å². The number of rotatable bonds is 9. The minimum Gasteiger partial charge on any atom is -0.411 e. The van der Waals surface area contributed by atoms with Gasteiger partial charge in [0.25, 0.3) is 5.69 Å². The highest BCUT2D eigenvalue weighted by atomic mass is 35.5. The summed E-state index contributed by atoms with van der Waals surface area (Å²) in [5, 5.41) is 23.8. The molecule has 0 aliphatic heterocycles. The van der Waals surface area contributed by atoms with Crippen molar-refractivity contribution in [3.63, 3.8) is 0 Å². The fourth-order valence-corrected chi connectivity index (χ4v) is 4.90. The van der Waals surface area contributed by atoms with E-state index in [9.17, 15) is 20.1 Å². The van der Waals surface area contributed by atoms with Gasteiger partial charge in [0.05, 0.1) is 4.92 Å². The molecule has 0 aromatic heterocycles. The molecule has 0 unspecified atom stereocenters. The molecule has 1 aliphatic carbocycles. The first-order valence-electron chi connectivity index (χ1n) is 10.2. The number of Topliss-reactive ketones (excluding diaryl/α,β-unsaturated/α-hetero) is 1. The zero-order valence-electron chi connectivity index (χ0n) is 17.2. The first-order valence-corrected chi connectivity index (χ1v) is 10.7. The van der Waals surface area contributed by atoms with Crippen molar-refractivity contribution in [2.45, 2.75) is 51.4 Å². The highest BCUT2D eigenvalue weighted by Crippen LogP contribution is 2.54. The molecule has 6 nitrogen and oxygen atoms in total. The van der Waals surface area contributed by atoms with E-state index in [2.05, 4.69) is 19.0 Å². The molecule has 1 N–H and O–H groups in total. The smallest absolute Gasteiger partial charge is 0.269 e. The number of carbonyl (C=O) groups is 1. The topological polar surface area (TPSA) is 92.8 Å². The molecule has 0 atom stereocenters. The van der Waals surface area contributed by atoms with Crippen LogP contribution in [0.3, 0.4) is 0 Å². The van der Waals surface area contributed by atoms with Crippen molar-refractivity contribution in [2.75, 3.05) is 5.88 Å². The maximum Gasteiger partial charge on any atom is 0.269 e. The predicted octanol–water partition coefficient (Wildman–Crippen LogP) is 6.10. The number of alkyl halides is 1. The van der Waals surface area contributed by atoms with Gasteiger partial charge in [-0.2, -0.15) is 0 Å². The van der Waals surface area contributed by atoms with Gasteiger partial charge in [0.15, 0.2) is 0 Å². The Morgan fingerprint density at radius 3 is 2.23 bits per heavy atom. The molecule has 0 radical (unpaired) electrons. The molecule has 30 heavy (non-hydrogen) atoms. The van der Waals surface area contributed by atoms with E-state index in [1.807, 2.05) is 18.2 Å². The van der Waals surface area contributed by atoms with Crippen LogP contribution in [-0.4, -0.2) is 27.5 Å². The number of nitro benzene ring substituents is 1. The molecule has 0 saturated heterocycles. The maximum absolute atomic E-state index is 12.9. The number of nitro groups is 1. The summed E-state index contributed by atoms with van der Waals surface area (Å²) in [5.74, 6) is -0.175. The Balaban J connectivity index is 2.22. The van der Waals surface area contributed by atoms with Crippen LogP contribution in [0.4, 0.5) is 5.69 Å². The number of halogens is 1. The van der Waals surface area contributed by atoms with Crippen LogP contribution in [0.2, 0.25) is 0 Å². The fourth-order valence-electron chi connectivity index (χ4n) is 4.72. The van der Waals surface area contributed by atoms with E-state index in [0.717, 1.165) is 47.9 Å². The zero-order valence-corrected chi connectivity index (χ0v) is 17.9. The molecule has 0 heterocycles. The van der Waals surface area contributed by atoms with E-state index >= 15 is 0 Å². The summed E-state index contributed by atoms with van der Waals surface area (Å²) in [7, 11) is 0. The highest BCUT2D eigenvalue weighted by molar-refractivity contribution is 6.46. The third-order valence-electron chi connectivity index (χ3n) is 5.88. The molecule has 0 amide bonds. The molecular weight excluding hydrogens is 404 g/mol. The van der Waals surface area contributed by atoms with E-state index in [1.54, 1.807) is 12.1 Å². The van der Waals surface area contributed by atoms with Gasteiger partial charge in [-0.15, -0.1) is 11.6 Å². The van der Waals surface area contributed by atoms with Crippen LogP contribution in [0.25, 0.3) is 11.1 Å². The number of oxime groups is 1. The lowest BCUT2D eigenvalue weighted by atomic mass is 9.71. The molecular formula is C23H25ClN2O4. The van der Waals surface area contributed by atoms with Crippen molar-refractivity contribution in [1.29, 1.82) is 0 Å². The van der Waals surface area contributed by atoms with Crippen LogP contribution in [0.1, 0.15) is 67.4 Å². The van der Waals surface area contributed by atoms with Gasteiger partial charge in [-0.05, 0) is 47.2 Å². The quantitative estimate of drug-likeness (QED) is 0.130. The first-order chi connectivity index (χ1) is 14.4. The number of carbonyl (C=O) groups excluding carboxylic acids is 1. The number of benzene rings is 2. The molecule has 0 bridgehead atoms. The van der Waals surface area contributed by atoms with Crippen LogP contribution in [0.5, 0.6) is 0 Å². The monoisotopic (exact) mass is 428 g/mol. The zero-order chi connectivity index (χ0) is 21.9. The molecule has 0 fully saturated rings. The van der Waals surface area contributed by atoms with Crippen molar-refractivity contribution >= 4 is 28.8 Å². The summed E-state index contributed by atoms with van der Waals surface area (Å²) in [6, 6.07) is 10.5. The molecule has 1 aliphatic rings. The Labute approximate surface area is 180 Å². The Hall–Kier alpha value is -2.73. The van der Waals surface area contributed by atoms with Gasteiger partial charge in [0, 0.05) is 35.4 Å². The highest BCUT2D eigenvalue weighted by Gasteiger charge is 2.43. The van der Waals surface area contributed by atoms with Crippen LogP contribution < -0.4 is 0 Å². The summed E-state index contributed by atoms with van der Waals surface area (Å²) in [5.41, 5.74) is 4.09. The summed E-state index contributed by atoms with van der Waals surface area (Å²) in [4.78, 5) is 23.9. The Bertz CT molecular complexity index is 1010. The number of hydrogen-bond acceptors (Lipinski definition) is 5. The van der Waals surface area contributed by atoms with E-state index in [1.165, 1.54) is 6.07 Å². The molecule has 7 heteroatoms. The number of hydrogen-bond donors (Lipinski definition) is 1. The molecule has 0 saturated carbocycles. The van der Waals surface area contributed by atoms with E-state index in [-0.39, 0.29) is 39.8 Å². The number of fused-ring (bicyclic) bond motifs is 3. The summed E-state index contributed by atoms with van der Waals surface area (Å²) in [6.07, 6.45) is 3.62. The lowest BCUT2D eigenvalue weighted by Gasteiger charge is -2.32. The fraction of sp³-hybridized carbons (Fsp3) is 0.391. The normalized spacial score (nSPS) is 14.3. The van der Waals surface area contributed by atoms with Gasteiger partial charge in [-0.1, -0.05) is 44.0 Å². The summed E-state index contributed by atoms with van der Waals surface area (Å²) >= 11 is 5.73. The van der Waals surface area contributed by atoms with Gasteiger partial charge in [-0.25, -0.2) is 0 Å². The number of nitrogens with zero attached hydrogens (tertiary/aromatic N) is 2. The largest absolute Gasteiger partial charge is 0.411 e. The third kappa shape index (κ3) is 3.60. The molecule has 3 rings (SSSR count). The lowest BCUT2D eigenvalue weighted by molar-refractivity contribution is -0.384. The standard InChI is InChI=1S/C23H25ClN2O4/c1-3-10-23(11-4-2)19-13-15(22(27)21(25-28)9-12-24)5-7-17(19)18-8-6-16(26(29)30)14-20(18)23/h5-8,13-14,28H,3-4,9-12H2,1-2H3/b25-21+. The van der Waals surface area contributed by atoms with Gasteiger partial charge < -0.3 is 5.21 Å². The van der Waals surface area contributed by atoms with Gasteiger partial charge in [0.1, 0.15) is 5.71 Å². The minimum absolute atomic E-state index is 0.0210. The maximum atomic E-state index is 12.9. The van der Waals surface area contributed by atoms with Crippen LogP contribution >= 0.6 is 11.6 Å². The second kappa shape index (κ2) is 8.96. The van der Waals surface area contributed by atoms with Crippen molar-refractivity contribution in [3.05, 3.63) is 63.2 Å². The molecule has 0 spiro atoms. The van der Waals surface area contributed by atoms with Gasteiger partial charge in [-0.3, -0.25) is 14.9 Å². The van der Waals surface area contributed by atoms with Gasteiger partial charge in [0.2, 0.25) is 5.78 Å². The second-order valence-corrected chi connectivity index (χ2v) is 8.02. The summed E-state index contributed by atoms with van der Waals surface area (Å²) < 4.78 is 0. The average Bonchev–Trinajstić information content (AvgIpc) is 3.01. The van der Waals surface area contributed by atoms with E-state index < -0.39 is 0 Å². The molecule has 158 valence electrons. The molecule has 2 aromatic rings. The van der Waals surface area contributed by atoms with E-state index in [0.29, 0.717) is 5.56 Å². The summed E-state index contributed by atoms with van der Waals surface area (Å²) in [6.45, 7) is 4.19. The minimum atomic E-state index is -0.389. The molecule has 2 aromatic carbocycles. The van der Waals surface area contributed by atoms with Crippen molar-refractivity contribution in [3.8, 4) is 11.1 Å². The second-order valence-electron chi connectivity index (χ2n) is 7.64. The number of ketones is 1. The Morgan fingerprint density at radius 2 is 1.70 bits per heavy atom. The van der Waals surface area contributed by atoms with E-state index in [4.69, 9.17) is 11.6 Å². The Morgan fingerprint density at radius 1 is 1.10 bits per heavy atom. The SMILES string of the molecule is CCCC1(CCC)c2cc(C(=O)/C(CCCl)=N/O)ccc2-c2ccc([N+](=O)[O-])cc21. The predicted molar refractivity (Wildman–Crippen MR) is 118 cm³/mol. The third-order valence-corrected chi connectivity index (χ3v) is 6.07. The van der Waals surface area contributed by atoms with Crippen molar-refractivity contribution in [2.24, 2.45) is 5.16 Å². The number of non-ortho nitro benzene ring substituents is 1.